The van der Waals surface area contributed by atoms with E-state index < -0.39 is 26.6 Å². The molecular weight excluding hydrogens is 756 g/mol. The van der Waals surface area contributed by atoms with Crippen LogP contribution in [0.1, 0.15) is 226 Å². The summed E-state index contributed by atoms with van der Waals surface area (Å²) in [7, 11) is 1.24. The maximum absolute atomic E-state index is 12.9. The zero-order chi connectivity index (χ0) is 43.6. The van der Waals surface area contributed by atoms with E-state index in [-0.39, 0.29) is 12.5 Å². The number of hydrogen-bond acceptors (Lipinski definition) is 6. The van der Waals surface area contributed by atoms with E-state index >= 15 is 0 Å². The van der Waals surface area contributed by atoms with Crippen molar-refractivity contribution in [1.82, 2.24) is 5.32 Å². The maximum Gasteiger partial charge on any atom is 0.268 e. The summed E-state index contributed by atoms with van der Waals surface area (Å²) in [6.07, 6.45) is 52.0. The van der Waals surface area contributed by atoms with Crippen LogP contribution >= 0.6 is 7.82 Å². The molecule has 0 radical (unpaired) electrons. The molecule has 0 bridgehead atoms. The third kappa shape index (κ3) is 44.6. The smallest absolute Gasteiger partial charge is 0.268 e. The number of carbonyl (C=O) groups excluding carboxylic acids is 1. The van der Waals surface area contributed by atoms with Crippen molar-refractivity contribution in [3.63, 3.8) is 0 Å². The Morgan fingerprint density at radius 2 is 0.949 bits per heavy atom. The first-order valence-electron chi connectivity index (χ1n) is 24.9. The molecule has 0 aliphatic carbocycles. The molecule has 0 aromatic rings. The molecule has 0 saturated carbocycles. The van der Waals surface area contributed by atoms with Crippen LogP contribution in [0.25, 0.3) is 0 Å². The van der Waals surface area contributed by atoms with Crippen molar-refractivity contribution >= 4 is 13.7 Å². The van der Waals surface area contributed by atoms with Gasteiger partial charge in [-0.1, -0.05) is 211 Å². The van der Waals surface area contributed by atoms with Crippen molar-refractivity contribution in [2.75, 3.05) is 40.9 Å². The molecule has 59 heavy (non-hydrogen) atoms. The molecule has 2 N–H and O–H groups in total. The van der Waals surface area contributed by atoms with Gasteiger partial charge in [0.25, 0.3) is 7.82 Å². The molecule has 0 aliphatic rings. The van der Waals surface area contributed by atoms with E-state index in [4.69, 9.17) is 9.05 Å². The van der Waals surface area contributed by atoms with Gasteiger partial charge in [0.15, 0.2) is 0 Å². The summed E-state index contributed by atoms with van der Waals surface area (Å²) in [5.41, 5.74) is 0. The van der Waals surface area contributed by atoms with Crippen LogP contribution in [0.4, 0.5) is 0 Å². The first kappa shape index (κ1) is 57.7. The van der Waals surface area contributed by atoms with Crippen molar-refractivity contribution < 1.29 is 32.9 Å². The Morgan fingerprint density at radius 1 is 0.576 bits per heavy atom. The first-order valence-corrected chi connectivity index (χ1v) is 26.3. The fourth-order valence-corrected chi connectivity index (χ4v) is 7.85. The van der Waals surface area contributed by atoms with Crippen LogP contribution in [0.15, 0.2) is 36.5 Å². The fourth-order valence-electron chi connectivity index (χ4n) is 7.13. The minimum Gasteiger partial charge on any atom is -0.756 e. The van der Waals surface area contributed by atoms with E-state index in [1.54, 1.807) is 6.08 Å². The molecule has 9 heteroatoms. The fraction of sp³-hybridized carbons (Fsp3) is 0.860. The molecule has 3 unspecified atom stereocenters. The van der Waals surface area contributed by atoms with Gasteiger partial charge in [0.2, 0.25) is 5.91 Å². The Hall–Kier alpha value is -1.28. The van der Waals surface area contributed by atoms with Crippen LogP contribution in [-0.2, 0) is 18.4 Å². The van der Waals surface area contributed by atoms with Crippen LogP contribution in [0.5, 0.6) is 0 Å². The Kier molecular flexibility index (Phi) is 41.1. The number of carbonyl (C=O) groups is 1. The van der Waals surface area contributed by atoms with E-state index in [0.29, 0.717) is 17.4 Å². The van der Waals surface area contributed by atoms with E-state index in [2.05, 4.69) is 43.5 Å². The number of amides is 1. The summed E-state index contributed by atoms with van der Waals surface area (Å²) >= 11 is 0. The SMILES string of the molecule is CCCCCCCCCC/C=C/CC/C=C/CC/C=C/C(O)C(COP(=O)([O-])OCC[N+](C)(C)C)NC(=O)CCCCCCCCCCCCCCCCCCCCC. The molecule has 8 nitrogen and oxygen atoms in total. The second-order valence-corrected chi connectivity index (χ2v) is 19.6. The summed E-state index contributed by atoms with van der Waals surface area (Å²) in [6.45, 7) is 4.63. The number of aliphatic hydroxyl groups excluding tert-OH is 1. The number of quaternary nitrogens is 1. The molecule has 0 aromatic carbocycles. The van der Waals surface area contributed by atoms with Crippen LogP contribution in [0, 0.1) is 0 Å². The number of allylic oxidation sites excluding steroid dienone is 5. The van der Waals surface area contributed by atoms with Gasteiger partial charge in [0, 0.05) is 6.42 Å². The van der Waals surface area contributed by atoms with E-state index in [9.17, 15) is 19.4 Å². The van der Waals surface area contributed by atoms with Crippen molar-refractivity contribution in [2.24, 2.45) is 0 Å². The number of likely N-dealkylation sites (N-methyl/N-ethyl adjacent to an activating group) is 1. The number of nitrogens with zero attached hydrogens (tertiary/aromatic N) is 1. The molecule has 0 fully saturated rings. The molecule has 0 spiro atoms. The van der Waals surface area contributed by atoms with Gasteiger partial charge in [-0.25, -0.2) is 0 Å². The summed E-state index contributed by atoms with van der Waals surface area (Å²) < 4.78 is 23.2. The number of rotatable bonds is 45. The van der Waals surface area contributed by atoms with Gasteiger partial charge in [0.05, 0.1) is 39.9 Å². The Bertz CT molecular complexity index is 1060. The summed E-state index contributed by atoms with van der Waals surface area (Å²) in [6, 6.07) is -0.906. The molecule has 0 aromatic heterocycles. The minimum absolute atomic E-state index is 0.00766. The summed E-state index contributed by atoms with van der Waals surface area (Å²) in [5, 5.41) is 13.8. The predicted molar refractivity (Wildman–Crippen MR) is 251 cm³/mol. The van der Waals surface area contributed by atoms with Gasteiger partial charge in [-0.3, -0.25) is 9.36 Å². The van der Waals surface area contributed by atoms with E-state index in [1.807, 2.05) is 27.2 Å². The van der Waals surface area contributed by atoms with E-state index in [1.165, 1.54) is 161 Å². The second kappa shape index (κ2) is 42.0. The molecule has 3 atom stereocenters. The normalized spacial score (nSPS) is 14.5. The van der Waals surface area contributed by atoms with Crippen LogP contribution in [0.2, 0.25) is 0 Å². The number of aliphatic hydroxyl groups is 1. The molecule has 1 amide bonds. The molecule has 348 valence electrons. The largest absolute Gasteiger partial charge is 0.756 e. The summed E-state index contributed by atoms with van der Waals surface area (Å²) in [5.74, 6) is -0.209. The lowest BCUT2D eigenvalue weighted by Gasteiger charge is -2.29. The molecule has 0 saturated heterocycles. The van der Waals surface area contributed by atoms with E-state index in [0.717, 1.165) is 44.9 Å². The zero-order valence-corrected chi connectivity index (χ0v) is 40.4. The van der Waals surface area contributed by atoms with Crippen LogP contribution < -0.4 is 10.2 Å². The second-order valence-electron chi connectivity index (χ2n) is 18.2. The highest BCUT2D eigenvalue weighted by atomic mass is 31.2. The third-order valence-corrected chi connectivity index (χ3v) is 12.0. The topological polar surface area (TPSA) is 108 Å². The standard InChI is InChI=1S/C50H97N2O6P/c1-6-8-10-12-14-16-18-20-22-24-26-28-30-32-34-36-38-40-42-44-50(54)51-48(47-58-59(55,56)57-46-45-52(3,4)5)49(53)43-41-39-37-35-33-31-29-27-25-23-21-19-17-15-13-11-9-7-2/h25,27,33,35,41,43,48-49,53H,6-24,26,28-32,34,36-40,42,44-47H2,1-5H3,(H-,51,54,55,56)/b27-25+,35-33+,43-41+. The van der Waals surface area contributed by atoms with Crippen LogP contribution in [0.3, 0.4) is 0 Å². The van der Waals surface area contributed by atoms with Crippen LogP contribution in [-0.4, -0.2) is 68.5 Å². The maximum atomic E-state index is 12.9. The lowest BCUT2D eigenvalue weighted by molar-refractivity contribution is -0.870. The highest BCUT2D eigenvalue weighted by molar-refractivity contribution is 7.45. The first-order chi connectivity index (χ1) is 28.5. The number of unbranched alkanes of at least 4 members (excludes halogenated alkanes) is 28. The van der Waals surface area contributed by atoms with Gasteiger partial charge in [-0.15, -0.1) is 0 Å². The Balaban J connectivity index is 4.39. The predicted octanol–water partition coefficient (Wildman–Crippen LogP) is 13.6. The average molecular weight is 853 g/mol. The lowest BCUT2D eigenvalue weighted by atomic mass is 10.0. The Morgan fingerprint density at radius 3 is 1.37 bits per heavy atom. The minimum atomic E-state index is -4.60. The number of phosphoric acid groups is 1. The van der Waals surface area contributed by atoms with Crippen molar-refractivity contribution in [1.29, 1.82) is 0 Å². The quantitative estimate of drug-likeness (QED) is 0.0273. The van der Waals surface area contributed by atoms with Crippen molar-refractivity contribution in [2.45, 2.75) is 238 Å². The van der Waals surface area contributed by atoms with Gasteiger partial charge in [-0.05, 0) is 44.9 Å². The van der Waals surface area contributed by atoms with Gasteiger partial charge >= 0.3 is 0 Å². The van der Waals surface area contributed by atoms with Gasteiger partial charge in [0.1, 0.15) is 13.2 Å². The van der Waals surface area contributed by atoms with Crippen molar-refractivity contribution in [3.8, 4) is 0 Å². The summed E-state index contributed by atoms with van der Waals surface area (Å²) in [4.78, 5) is 25.4. The number of nitrogens with one attached hydrogen (secondary N) is 1. The molecule has 0 aliphatic heterocycles. The number of hydrogen-bond donors (Lipinski definition) is 2. The highest BCUT2D eigenvalue weighted by Gasteiger charge is 2.23. The van der Waals surface area contributed by atoms with Crippen molar-refractivity contribution in [3.05, 3.63) is 36.5 Å². The number of phosphoric ester groups is 1. The molecule has 0 heterocycles. The Labute approximate surface area is 366 Å². The lowest BCUT2D eigenvalue weighted by Crippen LogP contribution is -2.45. The molecular formula is C50H97N2O6P. The average Bonchev–Trinajstić information content (AvgIpc) is 3.19. The van der Waals surface area contributed by atoms with Gasteiger partial charge < -0.3 is 28.8 Å². The third-order valence-electron chi connectivity index (χ3n) is 11.1. The monoisotopic (exact) mass is 853 g/mol. The van der Waals surface area contributed by atoms with Gasteiger partial charge in [-0.2, -0.15) is 0 Å². The highest BCUT2D eigenvalue weighted by Crippen LogP contribution is 2.38. The molecule has 0 rings (SSSR count). The zero-order valence-electron chi connectivity index (χ0n) is 39.5.